The number of nitrogens with zero attached hydrogens (tertiary/aromatic N) is 1. The van der Waals surface area contributed by atoms with Crippen molar-refractivity contribution < 1.29 is 23.9 Å². The van der Waals surface area contributed by atoms with Gasteiger partial charge in [-0.05, 0) is 33.1 Å². The van der Waals surface area contributed by atoms with Crippen LogP contribution in [0.1, 0.15) is 33.6 Å². The number of piperidine rings is 1. The van der Waals surface area contributed by atoms with Crippen molar-refractivity contribution in [2.45, 2.75) is 51.3 Å². The Morgan fingerprint density at radius 2 is 1.95 bits per heavy atom. The van der Waals surface area contributed by atoms with E-state index < -0.39 is 29.7 Å². The molecule has 19 heavy (non-hydrogen) atoms. The summed E-state index contributed by atoms with van der Waals surface area (Å²) in [6.07, 6.45) is 0.241. The largest absolute Gasteiger partial charge is 0.467 e. The Balaban J connectivity index is 2.22. The van der Waals surface area contributed by atoms with Gasteiger partial charge in [0.15, 0.2) is 5.78 Å². The van der Waals surface area contributed by atoms with Gasteiger partial charge in [0.1, 0.15) is 11.6 Å². The molecule has 0 aromatic carbocycles. The van der Waals surface area contributed by atoms with Gasteiger partial charge in [-0.15, -0.1) is 0 Å². The SMILES string of the molecule is COC(=O)[C@H]1[C@@H]2CC(=O)[C@@H](C2)N1C(=O)OC(C)(C)C. The lowest BCUT2D eigenvalue weighted by atomic mass is 9.98. The van der Waals surface area contributed by atoms with E-state index in [4.69, 9.17) is 9.47 Å². The molecule has 0 N–H and O–H groups in total. The number of likely N-dealkylation sites (tertiary alicyclic amines) is 1. The van der Waals surface area contributed by atoms with E-state index in [0.717, 1.165) is 0 Å². The van der Waals surface area contributed by atoms with Crippen LogP contribution in [0.5, 0.6) is 0 Å². The number of carbonyl (C=O) groups is 3. The highest BCUT2D eigenvalue weighted by molar-refractivity contribution is 5.95. The zero-order chi connectivity index (χ0) is 14.4. The lowest BCUT2D eigenvalue weighted by Gasteiger charge is -2.34. The molecule has 0 radical (unpaired) electrons. The molecule has 2 aliphatic rings. The van der Waals surface area contributed by atoms with Crippen molar-refractivity contribution >= 4 is 17.8 Å². The van der Waals surface area contributed by atoms with Gasteiger partial charge in [-0.2, -0.15) is 0 Å². The van der Waals surface area contributed by atoms with Crippen LogP contribution in [0, 0.1) is 5.92 Å². The third-order valence-electron chi connectivity index (χ3n) is 3.49. The van der Waals surface area contributed by atoms with E-state index >= 15 is 0 Å². The Morgan fingerprint density at radius 3 is 2.47 bits per heavy atom. The maximum atomic E-state index is 12.2. The fraction of sp³-hybridized carbons (Fsp3) is 0.769. The summed E-state index contributed by atoms with van der Waals surface area (Å²) in [6.45, 7) is 5.23. The van der Waals surface area contributed by atoms with Crippen LogP contribution in [-0.4, -0.2) is 47.5 Å². The van der Waals surface area contributed by atoms with Crippen LogP contribution < -0.4 is 0 Å². The third-order valence-corrected chi connectivity index (χ3v) is 3.49. The van der Waals surface area contributed by atoms with E-state index in [1.54, 1.807) is 20.8 Å². The normalized spacial score (nSPS) is 29.6. The fourth-order valence-corrected chi connectivity index (χ4v) is 2.81. The number of carbonyl (C=O) groups excluding carboxylic acids is 3. The van der Waals surface area contributed by atoms with Gasteiger partial charge < -0.3 is 9.47 Å². The molecule has 1 saturated heterocycles. The molecule has 3 atom stereocenters. The minimum atomic E-state index is -0.692. The first-order chi connectivity index (χ1) is 8.74. The molecule has 0 aromatic rings. The number of rotatable bonds is 1. The topological polar surface area (TPSA) is 72.9 Å². The molecular weight excluding hydrogens is 250 g/mol. The Morgan fingerprint density at radius 1 is 1.32 bits per heavy atom. The van der Waals surface area contributed by atoms with Crippen molar-refractivity contribution in [3.63, 3.8) is 0 Å². The number of ether oxygens (including phenoxy) is 2. The minimum Gasteiger partial charge on any atom is -0.467 e. The molecule has 1 aliphatic heterocycles. The van der Waals surface area contributed by atoms with Gasteiger partial charge in [0.2, 0.25) is 0 Å². The smallest absolute Gasteiger partial charge is 0.411 e. The van der Waals surface area contributed by atoms with Crippen LogP contribution >= 0.6 is 0 Å². The minimum absolute atomic E-state index is 0.00369. The number of esters is 1. The maximum Gasteiger partial charge on any atom is 0.411 e. The predicted octanol–water partition coefficient (Wildman–Crippen LogP) is 1.13. The van der Waals surface area contributed by atoms with Crippen molar-refractivity contribution in [1.82, 2.24) is 4.90 Å². The van der Waals surface area contributed by atoms with Crippen molar-refractivity contribution in [3.05, 3.63) is 0 Å². The molecule has 6 heteroatoms. The average molecular weight is 269 g/mol. The van der Waals surface area contributed by atoms with Gasteiger partial charge >= 0.3 is 12.1 Å². The Bertz CT molecular complexity index is 425. The second kappa shape index (κ2) is 4.51. The first kappa shape index (κ1) is 13.8. The summed E-state index contributed by atoms with van der Waals surface area (Å²) in [4.78, 5) is 37.0. The van der Waals surface area contributed by atoms with Crippen LogP contribution in [-0.2, 0) is 19.1 Å². The summed E-state index contributed by atoms with van der Waals surface area (Å²) in [5.41, 5.74) is -0.664. The molecule has 0 unspecified atom stereocenters. The van der Waals surface area contributed by atoms with Gasteiger partial charge in [-0.3, -0.25) is 9.69 Å². The maximum absolute atomic E-state index is 12.2. The Kier molecular flexibility index (Phi) is 3.28. The number of methoxy groups -OCH3 is 1. The number of hydrogen-bond acceptors (Lipinski definition) is 5. The molecule has 1 heterocycles. The second-order valence-electron chi connectivity index (χ2n) is 6.04. The highest BCUT2D eigenvalue weighted by Crippen LogP contribution is 2.41. The van der Waals surface area contributed by atoms with E-state index in [1.165, 1.54) is 12.0 Å². The zero-order valence-electron chi connectivity index (χ0n) is 11.6. The quantitative estimate of drug-likeness (QED) is 0.667. The zero-order valence-corrected chi connectivity index (χ0v) is 11.6. The Hall–Kier alpha value is -1.59. The summed E-state index contributed by atoms with van der Waals surface area (Å²) in [5, 5.41) is 0. The molecular formula is C13H19NO5. The van der Waals surface area contributed by atoms with Gasteiger partial charge in [-0.25, -0.2) is 9.59 Å². The van der Waals surface area contributed by atoms with Crippen molar-refractivity contribution in [2.75, 3.05) is 7.11 Å². The molecule has 106 valence electrons. The molecule has 1 amide bonds. The lowest BCUT2D eigenvalue weighted by Crippen LogP contribution is -2.53. The van der Waals surface area contributed by atoms with Crippen LogP contribution in [0.4, 0.5) is 4.79 Å². The molecule has 2 fully saturated rings. The van der Waals surface area contributed by atoms with E-state index in [1.807, 2.05) is 0 Å². The van der Waals surface area contributed by atoms with Gasteiger partial charge in [0, 0.05) is 6.42 Å². The summed E-state index contributed by atoms with van der Waals surface area (Å²) in [6, 6.07) is -1.23. The molecule has 1 aliphatic carbocycles. The number of fused-ring (bicyclic) bond motifs is 2. The van der Waals surface area contributed by atoms with Gasteiger partial charge in [-0.1, -0.05) is 0 Å². The first-order valence-corrected chi connectivity index (χ1v) is 6.36. The van der Waals surface area contributed by atoms with Gasteiger partial charge in [0.25, 0.3) is 0 Å². The van der Waals surface area contributed by atoms with Crippen molar-refractivity contribution in [3.8, 4) is 0 Å². The van der Waals surface area contributed by atoms with Crippen LogP contribution in [0.3, 0.4) is 0 Å². The molecule has 2 bridgehead atoms. The van der Waals surface area contributed by atoms with Crippen LogP contribution in [0.2, 0.25) is 0 Å². The van der Waals surface area contributed by atoms with Crippen LogP contribution in [0.25, 0.3) is 0 Å². The van der Waals surface area contributed by atoms with Crippen LogP contribution in [0.15, 0.2) is 0 Å². The number of Topliss-reactive ketones (excluding diaryl/α,β-unsaturated/α-hetero) is 1. The molecule has 0 spiro atoms. The predicted molar refractivity (Wildman–Crippen MR) is 65.4 cm³/mol. The number of amides is 1. The summed E-state index contributed by atoms with van der Waals surface area (Å²) in [7, 11) is 1.28. The number of hydrogen-bond donors (Lipinski definition) is 0. The standard InChI is InChI=1S/C13H19NO5/c1-13(2,3)19-12(17)14-8-5-7(6-9(8)15)10(14)11(16)18-4/h7-8,10H,5-6H2,1-4H3/t7-,8+,10+/m0/s1. The average Bonchev–Trinajstić information content (AvgIpc) is 2.81. The fourth-order valence-electron chi connectivity index (χ4n) is 2.81. The monoisotopic (exact) mass is 269 g/mol. The molecule has 0 aromatic heterocycles. The Labute approximate surface area is 112 Å². The summed E-state index contributed by atoms with van der Waals surface area (Å²) >= 11 is 0. The van der Waals surface area contributed by atoms with E-state index in [-0.39, 0.29) is 11.7 Å². The number of ketones is 1. The highest BCUT2D eigenvalue weighted by Gasteiger charge is 2.57. The summed E-state index contributed by atoms with van der Waals surface area (Å²) < 4.78 is 10.0. The second-order valence-corrected chi connectivity index (χ2v) is 6.04. The van der Waals surface area contributed by atoms with E-state index in [0.29, 0.717) is 12.8 Å². The molecule has 2 rings (SSSR count). The third kappa shape index (κ3) is 2.43. The molecule has 6 nitrogen and oxygen atoms in total. The summed E-state index contributed by atoms with van der Waals surface area (Å²) in [5.74, 6) is -0.626. The van der Waals surface area contributed by atoms with E-state index in [9.17, 15) is 14.4 Å². The van der Waals surface area contributed by atoms with Crippen molar-refractivity contribution in [1.29, 1.82) is 0 Å². The first-order valence-electron chi connectivity index (χ1n) is 6.36. The van der Waals surface area contributed by atoms with E-state index in [2.05, 4.69) is 0 Å². The molecule has 1 saturated carbocycles. The lowest BCUT2D eigenvalue weighted by molar-refractivity contribution is -0.149. The highest BCUT2D eigenvalue weighted by atomic mass is 16.6. The van der Waals surface area contributed by atoms with Crippen molar-refractivity contribution in [2.24, 2.45) is 5.92 Å². The van der Waals surface area contributed by atoms with Gasteiger partial charge in [0.05, 0.1) is 13.2 Å².